The molecule has 0 amide bonds. The number of halogens is 2. The molecular weight excluding hydrogens is 376 g/mol. The molecule has 3 atom stereocenters. The molecule has 3 unspecified atom stereocenters. The van der Waals surface area contributed by atoms with Gasteiger partial charge in [0.1, 0.15) is 16.3 Å². The quantitative estimate of drug-likeness (QED) is 0.417. The fourth-order valence-electron chi connectivity index (χ4n) is 2.72. The van der Waals surface area contributed by atoms with Crippen LogP contribution in [0.5, 0.6) is 11.5 Å². The second-order valence-electron chi connectivity index (χ2n) is 5.11. The molecule has 0 saturated carbocycles. The third kappa shape index (κ3) is 1.93. The zero-order valence-corrected chi connectivity index (χ0v) is 13.9. The van der Waals surface area contributed by atoms with Gasteiger partial charge in [-0.2, -0.15) is 0 Å². The van der Waals surface area contributed by atoms with Gasteiger partial charge in [-0.15, -0.1) is 0 Å². The molecule has 2 aliphatic heterocycles. The van der Waals surface area contributed by atoms with Crippen molar-refractivity contribution in [3.63, 3.8) is 0 Å². The molecule has 0 fully saturated rings. The van der Waals surface area contributed by atoms with E-state index >= 15 is 0 Å². The van der Waals surface area contributed by atoms with E-state index in [1.54, 1.807) is 0 Å². The van der Waals surface area contributed by atoms with Gasteiger partial charge < -0.3 is 9.47 Å². The monoisotopic (exact) mass is 388 g/mol. The SMILES string of the molecule is Cc1c2c(cc3c1OC(=O)C(Br)C3C)C(CBr)CO2. The lowest BCUT2D eigenvalue weighted by molar-refractivity contribution is -0.135. The molecule has 0 aliphatic carbocycles. The molecule has 3 rings (SSSR count). The van der Waals surface area contributed by atoms with Crippen LogP contribution >= 0.6 is 31.9 Å². The summed E-state index contributed by atoms with van der Waals surface area (Å²) in [5, 5.41) is 0.879. The number of esters is 1. The highest BCUT2D eigenvalue weighted by molar-refractivity contribution is 9.10. The van der Waals surface area contributed by atoms with Gasteiger partial charge >= 0.3 is 5.97 Å². The average Bonchev–Trinajstić information content (AvgIpc) is 2.81. The summed E-state index contributed by atoms with van der Waals surface area (Å²) in [4.78, 5) is 11.5. The Morgan fingerprint density at radius 1 is 1.37 bits per heavy atom. The van der Waals surface area contributed by atoms with Gasteiger partial charge in [0.05, 0.1) is 6.61 Å². The van der Waals surface area contributed by atoms with Crippen LogP contribution < -0.4 is 9.47 Å². The average molecular weight is 390 g/mol. The minimum atomic E-state index is -0.276. The molecule has 5 heteroatoms. The zero-order valence-electron chi connectivity index (χ0n) is 10.7. The first kappa shape index (κ1) is 13.4. The highest BCUT2D eigenvalue weighted by Crippen LogP contribution is 2.48. The third-order valence-corrected chi connectivity index (χ3v) is 5.88. The maximum atomic E-state index is 11.8. The van der Waals surface area contributed by atoms with E-state index in [4.69, 9.17) is 9.47 Å². The summed E-state index contributed by atoms with van der Waals surface area (Å²) in [5.74, 6) is 1.82. The first-order chi connectivity index (χ1) is 9.04. The second kappa shape index (κ2) is 4.77. The molecule has 0 bridgehead atoms. The number of carbonyl (C=O) groups is 1. The first-order valence-electron chi connectivity index (χ1n) is 6.26. The molecule has 1 aromatic carbocycles. The number of hydrogen-bond donors (Lipinski definition) is 0. The van der Waals surface area contributed by atoms with E-state index in [9.17, 15) is 4.79 Å². The topological polar surface area (TPSA) is 35.5 Å². The van der Waals surface area contributed by atoms with Crippen molar-refractivity contribution in [2.75, 3.05) is 11.9 Å². The van der Waals surface area contributed by atoms with Crippen LogP contribution in [0.15, 0.2) is 6.07 Å². The summed E-state index contributed by atoms with van der Waals surface area (Å²) in [6.07, 6.45) is 0. The van der Waals surface area contributed by atoms with Gasteiger partial charge in [-0.1, -0.05) is 38.8 Å². The summed E-state index contributed by atoms with van der Waals surface area (Å²) < 4.78 is 11.2. The fourth-order valence-corrected chi connectivity index (χ4v) is 3.64. The number of fused-ring (bicyclic) bond motifs is 2. The number of carbonyl (C=O) groups excluding carboxylic acids is 1. The maximum Gasteiger partial charge on any atom is 0.325 e. The van der Waals surface area contributed by atoms with Gasteiger partial charge in [0, 0.05) is 33.9 Å². The lowest BCUT2D eigenvalue weighted by Crippen LogP contribution is -2.31. The van der Waals surface area contributed by atoms with E-state index in [1.165, 1.54) is 5.56 Å². The minimum Gasteiger partial charge on any atom is -0.492 e. The van der Waals surface area contributed by atoms with Crippen LogP contribution in [-0.2, 0) is 4.79 Å². The Morgan fingerprint density at radius 2 is 2.11 bits per heavy atom. The van der Waals surface area contributed by atoms with Crippen LogP contribution in [0.3, 0.4) is 0 Å². The Morgan fingerprint density at radius 3 is 2.79 bits per heavy atom. The summed E-state index contributed by atoms with van der Waals surface area (Å²) >= 11 is 6.94. The molecule has 1 aromatic rings. The van der Waals surface area contributed by atoms with Gasteiger partial charge in [-0.3, -0.25) is 4.79 Å². The third-order valence-electron chi connectivity index (χ3n) is 3.93. The van der Waals surface area contributed by atoms with E-state index in [-0.39, 0.29) is 16.7 Å². The number of hydrogen-bond acceptors (Lipinski definition) is 3. The highest BCUT2D eigenvalue weighted by Gasteiger charge is 2.37. The van der Waals surface area contributed by atoms with Crippen LogP contribution in [-0.4, -0.2) is 22.7 Å². The first-order valence-corrected chi connectivity index (χ1v) is 8.30. The molecule has 19 heavy (non-hydrogen) atoms. The highest BCUT2D eigenvalue weighted by atomic mass is 79.9. The normalized spacial score (nSPS) is 28.4. The van der Waals surface area contributed by atoms with Crippen molar-refractivity contribution in [1.29, 1.82) is 0 Å². The smallest absolute Gasteiger partial charge is 0.325 e. The standard InChI is InChI=1S/C14H14Br2O3/c1-6-9-3-10-8(4-15)5-18-12(10)7(2)13(9)19-14(17)11(6)16/h3,6,8,11H,4-5H2,1-2H3. The minimum absolute atomic E-state index is 0.108. The Kier molecular flexibility index (Phi) is 3.38. The molecular formula is C14H14Br2O3. The molecule has 3 nitrogen and oxygen atoms in total. The molecule has 0 aromatic heterocycles. The summed E-state index contributed by atoms with van der Waals surface area (Å²) in [6.45, 7) is 4.69. The number of rotatable bonds is 1. The Labute approximate surface area is 128 Å². The van der Waals surface area contributed by atoms with Crippen molar-refractivity contribution in [3.05, 3.63) is 22.8 Å². The molecule has 0 spiro atoms. The second-order valence-corrected chi connectivity index (χ2v) is 6.75. The molecule has 0 radical (unpaired) electrons. The molecule has 2 aliphatic rings. The fraction of sp³-hybridized carbons (Fsp3) is 0.500. The lowest BCUT2D eigenvalue weighted by Gasteiger charge is -2.28. The predicted octanol–water partition coefficient (Wildman–Crippen LogP) is 3.65. The van der Waals surface area contributed by atoms with Crippen molar-refractivity contribution in [3.8, 4) is 11.5 Å². The van der Waals surface area contributed by atoms with E-state index in [1.807, 2.05) is 13.8 Å². The molecule has 102 valence electrons. The van der Waals surface area contributed by atoms with Crippen molar-refractivity contribution in [1.82, 2.24) is 0 Å². The summed E-state index contributed by atoms with van der Waals surface area (Å²) in [7, 11) is 0. The van der Waals surface area contributed by atoms with Crippen molar-refractivity contribution < 1.29 is 14.3 Å². The van der Waals surface area contributed by atoms with Crippen molar-refractivity contribution >= 4 is 37.8 Å². The Balaban J connectivity index is 2.18. The van der Waals surface area contributed by atoms with Crippen LogP contribution in [0.4, 0.5) is 0 Å². The van der Waals surface area contributed by atoms with Crippen LogP contribution in [0.2, 0.25) is 0 Å². The van der Waals surface area contributed by atoms with Gasteiger partial charge in [0.2, 0.25) is 0 Å². The van der Waals surface area contributed by atoms with E-state index in [2.05, 4.69) is 37.9 Å². The van der Waals surface area contributed by atoms with Gasteiger partial charge in [0.25, 0.3) is 0 Å². The van der Waals surface area contributed by atoms with Crippen molar-refractivity contribution in [2.24, 2.45) is 0 Å². The number of benzene rings is 1. The van der Waals surface area contributed by atoms with Crippen LogP contribution in [0, 0.1) is 6.92 Å². The van der Waals surface area contributed by atoms with E-state index in [0.29, 0.717) is 18.3 Å². The van der Waals surface area contributed by atoms with Crippen LogP contribution in [0.1, 0.15) is 35.4 Å². The Hall–Kier alpha value is -0.550. The molecule has 0 saturated heterocycles. The van der Waals surface area contributed by atoms with E-state index < -0.39 is 0 Å². The number of alkyl halides is 2. The summed E-state index contributed by atoms with van der Waals surface area (Å²) in [6, 6.07) is 2.14. The largest absolute Gasteiger partial charge is 0.492 e. The summed E-state index contributed by atoms with van der Waals surface area (Å²) in [5.41, 5.74) is 3.25. The van der Waals surface area contributed by atoms with Gasteiger partial charge in [0.15, 0.2) is 0 Å². The van der Waals surface area contributed by atoms with E-state index in [0.717, 1.165) is 22.2 Å². The molecule has 0 N–H and O–H groups in total. The maximum absolute atomic E-state index is 11.8. The Bertz CT molecular complexity index is 556. The predicted molar refractivity (Wildman–Crippen MR) is 80.0 cm³/mol. The van der Waals surface area contributed by atoms with Crippen LogP contribution in [0.25, 0.3) is 0 Å². The van der Waals surface area contributed by atoms with Gasteiger partial charge in [-0.05, 0) is 13.0 Å². The van der Waals surface area contributed by atoms with Gasteiger partial charge in [-0.25, -0.2) is 0 Å². The number of ether oxygens (including phenoxy) is 2. The lowest BCUT2D eigenvalue weighted by atomic mass is 9.88. The molecule has 2 heterocycles. The van der Waals surface area contributed by atoms with Crippen molar-refractivity contribution in [2.45, 2.75) is 30.5 Å². The zero-order chi connectivity index (χ0) is 13.7.